The van der Waals surface area contributed by atoms with E-state index in [1.54, 1.807) is 35.4 Å². The van der Waals surface area contributed by atoms with Crippen molar-refractivity contribution in [1.29, 1.82) is 0 Å². The summed E-state index contributed by atoms with van der Waals surface area (Å²) < 4.78 is 30.6. The molecule has 6 rings (SSSR count). The number of para-hydroxylation sites is 1. The molecule has 0 aromatic heterocycles. The summed E-state index contributed by atoms with van der Waals surface area (Å²) in [6.45, 7) is 0.164. The van der Waals surface area contributed by atoms with E-state index in [1.165, 1.54) is 29.2 Å². The van der Waals surface area contributed by atoms with Gasteiger partial charge in [-0.1, -0.05) is 78.9 Å². The van der Waals surface area contributed by atoms with Crippen molar-refractivity contribution >= 4 is 27.6 Å². The van der Waals surface area contributed by atoms with Crippen LogP contribution < -0.4 is 9.25 Å². The lowest BCUT2D eigenvalue weighted by Crippen LogP contribution is -2.36. The lowest BCUT2D eigenvalue weighted by atomic mass is 9.90. The number of carbonyl (C=O) groups excluding carboxylic acids is 2. The highest BCUT2D eigenvalue weighted by molar-refractivity contribution is 7.87. The second-order valence-corrected chi connectivity index (χ2v) is 10.9. The Morgan fingerprint density at radius 2 is 1.31 bits per heavy atom. The second-order valence-electron chi connectivity index (χ2n) is 9.33. The largest absolute Gasteiger partial charge is 0.379 e. The van der Waals surface area contributed by atoms with Crippen molar-refractivity contribution in [2.24, 2.45) is 5.92 Å². The summed E-state index contributed by atoms with van der Waals surface area (Å²) in [5.41, 5.74) is 2.22. The number of hydroxylamine groups is 1. The number of hydrogen-bond donors (Lipinski definition) is 0. The highest BCUT2D eigenvalue weighted by Gasteiger charge is 2.59. The van der Waals surface area contributed by atoms with Crippen LogP contribution in [-0.4, -0.2) is 31.2 Å². The summed E-state index contributed by atoms with van der Waals surface area (Å²) in [5.74, 6) is -1.35. The molecule has 4 aromatic carbocycles. The van der Waals surface area contributed by atoms with Gasteiger partial charge in [0.1, 0.15) is 16.6 Å². The van der Waals surface area contributed by atoms with E-state index in [1.807, 2.05) is 60.7 Å². The summed E-state index contributed by atoms with van der Waals surface area (Å²) in [7, 11) is -4.01. The number of nitrogens with zero attached hydrogens (tertiary/aromatic N) is 2. The molecule has 2 aliphatic heterocycles. The molecule has 0 aliphatic carbocycles. The van der Waals surface area contributed by atoms with Crippen LogP contribution in [0.3, 0.4) is 0 Å². The fraction of sp³-hybridized carbons (Fsp3) is 0.133. The van der Waals surface area contributed by atoms with E-state index in [4.69, 9.17) is 9.02 Å². The molecule has 2 amide bonds. The van der Waals surface area contributed by atoms with Crippen molar-refractivity contribution < 1.29 is 27.0 Å². The number of amides is 2. The molecular formula is C30H24N2O6S. The number of fused-ring (bicyclic) bond motifs is 1. The van der Waals surface area contributed by atoms with Gasteiger partial charge in [0.05, 0.1) is 18.3 Å². The predicted molar refractivity (Wildman–Crippen MR) is 143 cm³/mol. The molecule has 4 aromatic rings. The first kappa shape index (κ1) is 24.8. The topological polar surface area (TPSA) is 93.2 Å². The number of carbonyl (C=O) groups is 2. The molecule has 39 heavy (non-hydrogen) atoms. The first-order valence-corrected chi connectivity index (χ1v) is 13.8. The van der Waals surface area contributed by atoms with Gasteiger partial charge in [0, 0.05) is 0 Å². The molecule has 2 fully saturated rings. The molecule has 9 heteroatoms. The van der Waals surface area contributed by atoms with Gasteiger partial charge in [-0.2, -0.15) is 8.42 Å². The average molecular weight is 541 g/mol. The van der Waals surface area contributed by atoms with Crippen LogP contribution in [0.25, 0.3) is 0 Å². The molecule has 2 heterocycles. The number of hydrogen-bond acceptors (Lipinski definition) is 7. The molecule has 8 nitrogen and oxygen atoms in total. The normalized spacial score (nSPS) is 20.8. The van der Waals surface area contributed by atoms with E-state index < -0.39 is 28.2 Å². The van der Waals surface area contributed by atoms with Gasteiger partial charge in [-0.25, -0.2) is 5.06 Å². The molecule has 0 bridgehead atoms. The van der Waals surface area contributed by atoms with Crippen molar-refractivity contribution in [1.82, 2.24) is 4.90 Å². The zero-order valence-electron chi connectivity index (χ0n) is 20.7. The van der Waals surface area contributed by atoms with Crippen LogP contribution in [0.15, 0.2) is 120 Å². The van der Waals surface area contributed by atoms with Gasteiger partial charge in [-0.3, -0.25) is 19.3 Å². The number of likely N-dealkylation sites (tertiary alicyclic amines) is 1. The molecule has 2 aliphatic rings. The van der Waals surface area contributed by atoms with Crippen LogP contribution in [0.2, 0.25) is 0 Å². The fourth-order valence-corrected chi connectivity index (χ4v) is 5.96. The lowest BCUT2D eigenvalue weighted by molar-refractivity contribution is -0.143. The Morgan fingerprint density at radius 3 is 1.95 bits per heavy atom. The van der Waals surface area contributed by atoms with Crippen molar-refractivity contribution in [2.75, 3.05) is 5.06 Å². The monoisotopic (exact) mass is 540 g/mol. The first-order chi connectivity index (χ1) is 18.9. The Balaban J connectivity index is 1.31. The van der Waals surface area contributed by atoms with Crippen LogP contribution >= 0.6 is 0 Å². The molecule has 0 N–H and O–H groups in total. The molecule has 0 radical (unpaired) electrons. The Hall–Kier alpha value is -4.47. The van der Waals surface area contributed by atoms with Crippen LogP contribution in [0, 0.1) is 5.92 Å². The SMILES string of the molecule is O=C1[C@@H]2[C@@H](ON(c3ccccc3)[C@H]2c2ccc(OS(=O)(=O)c3ccccc3)cc2)C(=O)N1Cc1ccccc1. The predicted octanol–water partition coefficient (Wildman–Crippen LogP) is 4.50. The van der Waals surface area contributed by atoms with Gasteiger partial charge in [-0.05, 0) is 47.5 Å². The summed E-state index contributed by atoms with van der Waals surface area (Å²) in [4.78, 5) is 34.5. The van der Waals surface area contributed by atoms with Gasteiger partial charge < -0.3 is 4.18 Å². The molecule has 196 valence electrons. The Bertz CT molecular complexity index is 1600. The molecule has 0 saturated carbocycles. The van der Waals surface area contributed by atoms with Crippen molar-refractivity contribution in [3.05, 3.63) is 126 Å². The van der Waals surface area contributed by atoms with Gasteiger partial charge in [-0.15, -0.1) is 0 Å². The highest BCUT2D eigenvalue weighted by Crippen LogP contribution is 2.47. The second kappa shape index (κ2) is 10.0. The summed E-state index contributed by atoms with van der Waals surface area (Å²) in [5, 5.41) is 1.60. The quantitative estimate of drug-likeness (QED) is 0.252. The molecule has 3 atom stereocenters. The third kappa shape index (κ3) is 4.67. The maximum atomic E-state index is 13.7. The van der Waals surface area contributed by atoms with Gasteiger partial charge >= 0.3 is 10.1 Å². The maximum Gasteiger partial charge on any atom is 0.339 e. The summed E-state index contributed by atoms with van der Waals surface area (Å²) in [6, 6.07) is 32.3. The third-order valence-electron chi connectivity index (χ3n) is 6.86. The number of benzene rings is 4. The smallest absolute Gasteiger partial charge is 0.339 e. The minimum absolute atomic E-state index is 0.0462. The summed E-state index contributed by atoms with van der Waals surface area (Å²) in [6.07, 6.45) is -0.971. The van der Waals surface area contributed by atoms with E-state index >= 15 is 0 Å². The minimum atomic E-state index is -4.01. The highest BCUT2D eigenvalue weighted by atomic mass is 32.2. The molecular weight excluding hydrogens is 516 g/mol. The Morgan fingerprint density at radius 1 is 0.718 bits per heavy atom. The Labute approximate surface area is 226 Å². The minimum Gasteiger partial charge on any atom is -0.379 e. The van der Waals surface area contributed by atoms with Crippen molar-refractivity contribution in [3.63, 3.8) is 0 Å². The maximum absolute atomic E-state index is 13.7. The van der Waals surface area contributed by atoms with Crippen LogP contribution in [-0.2, 0) is 31.1 Å². The van der Waals surface area contributed by atoms with Crippen LogP contribution in [0.4, 0.5) is 5.69 Å². The van der Waals surface area contributed by atoms with Crippen LogP contribution in [0.5, 0.6) is 5.75 Å². The number of imide groups is 1. The molecule has 2 saturated heterocycles. The summed E-state index contributed by atoms with van der Waals surface area (Å²) >= 11 is 0. The van der Waals surface area contributed by atoms with Crippen molar-refractivity contribution in [2.45, 2.75) is 23.6 Å². The number of rotatable bonds is 7. The molecule has 0 spiro atoms. The zero-order chi connectivity index (χ0) is 27.0. The van der Waals surface area contributed by atoms with Crippen molar-refractivity contribution in [3.8, 4) is 5.75 Å². The average Bonchev–Trinajstić information content (AvgIpc) is 3.47. The van der Waals surface area contributed by atoms with E-state index in [0.717, 1.165) is 5.56 Å². The van der Waals surface area contributed by atoms with Gasteiger partial charge in [0.2, 0.25) is 5.91 Å². The zero-order valence-corrected chi connectivity index (χ0v) is 21.5. The van der Waals surface area contributed by atoms with E-state index in [-0.39, 0.29) is 29.0 Å². The van der Waals surface area contributed by atoms with E-state index in [9.17, 15) is 18.0 Å². The van der Waals surface area contributed by atoms with Crippen LogP contribution in [0.1, 0.15) is 17.2 Å². The third-order valence-corrected chi connectivity index (χ3v) is 8.12. The first-order valence-electron chi connectivity index (χ1n) is 12.4. The van der Waals surface area contributed by atoms with Gasteiger partial charge in [0.25, 0.3) is 5.91 Å². The standard InChI is InChI=1S/C30H24N2O6S/c33-29-26-27(22-16-18-24(19-17-22)38-39(35,36)25-14-8-3-9-15-25)32(23-12-6-2-7-13-23)37-28(26)30(34)31(29)20-21-10-4-1-5-11-21/h1-19,26-28H,20H2/t26-,27-,28+/m0/s1. The number of anilines is 1. The van der Waals surface area contributed by atoms with E-state index in [2.05, 4.69) is 0 Å². The van der Waals surface area contributed by atoms with Gasteiger partial charge in [0.15, 0.2) is 6.10 Å². The Kier molecular flexibility index (Phi) is 6.38. The molecule has 0 unspecified atom stereocenters. The fourth-order valence-electron chi connectivity index (χ4n) is 5.01. The lowest BCUT2D eigenvalue weighted by Gasteiger charge is -2.28. The van der Waals surface area contributed by atoms with E-state index in [0.29, 0.717) is 11.3 Å².